The van der Waals surface area contributed by atoms with E-state index in [-0.39, 0.29) is 16.1 Å². The van der Waals surface area contributed by atoms with Gasteiger partial charge in [0.2, 0.25) is 0 Å². The summed E-state index contributed by atoms with van der Waals surface area (Å²) < 4.78 is 5.72. The first kappa shape index (κ1) is 9.86. The van der Waals surface area contributed by atoms with Gasteiger partial charge in [-0.25, -0.2) is 4.79 Å². The van der Waals surface area contributed by atoms with Crippen molar-refractivity contribution in [2.45, 2.75) is 18.3 Å². The zero-order valence-electron chi connectivity index (χ0n) is 8.53. The summed E-state index contributed by atoms with van der Waals surface area (Å²) in [6.07, 6.45) is 1.97. The Kier molecular flexibility index (Phi) is 1.90. The molecule has 3 rings (SSSR count). The van der Waals surface area contributed by atoms with Gasteiger partial charge in [-0.3, -0.25) is 0 Å². The Hall–Kier alpha value is -1.33. The van der Waals surface area contributed by atoms with E-state index in [1.54, 1.807) is 12.1 Å². The molecule has 16 heavy (non-hydrogen) atoms. The minimum atomic E-state index is -0.343. The van der Waals surface area contributed by atoms with Gasteiger partial charge in [-0.2, -0.15) is 0 Å². The lowest BCUT2D eigenvalue weighted by Crippen LogP contribution is -2.19. The van der Waals surface area contributed by atoms with E-state index >= 15 is 0 Å². The van der Waals surface area contributed by atoms with Crippen LogP contribution in [0.4, 0.5) is 0 Å². The maximum atomic E-state index is 11.1. The number of hydrogen-bond acceptors (Lipinski definition) is 5. The van der Waals surface area contributed by atoms with Crippen LogP contribution in [0.2, 0.25) is 0 Å². The van der Waals surface area contributed by atoms with Gasteiger partial charge in [-0.1, -0.05) is 11.3 Å². The Labute approximate surface area is 95.3 Å². The third-order valence-corrected chi connectivity index (χ3v) is 4.05. The quantitative estimate of drug-likeness (QED) is 0.830. The molecular weight excluding hydrogens is 226 g/mol. The van der Waals surface area contributed by atoms with E-state index in [4.69, 9.17) is 10.2 Å². The van der Waals surface area contributed by atoms with Crippen molar-refractivity contribution in [1.82, 2.24) is 0 Å². The summed E-state index contributed by atoms with van der Waals surface area (Å²) in [7, 11) is 0. The Bertz CT molecular complexity index is 609. The van der Waals surface area contributed by atoms with Crippen LogP contribution in [0.5, 0.6) is 5.75 Å². The fourth-order valence-electron chi connectivity index (χ4n) is 2.07. The number of phenolic OH excluding ortho intramolecular Hbond substituents is 1. The van der Waals surface area contributed by atoms with Crippen LogP contribution in [0.15, 0.2) is 21.3 Å². The zero-order chi connectivity index (χ0) is 11.3. The van der Waals surface area contributed by atoms with Gasteiger partial charge in [0.15, 0.2) is 0 Å². The van der Waals surface area contributed by atoms with Crippen LogP contribution in [-0.4, -0.2) is 11.7 Å². The van der Waals surface area contributed by atoms with Crippen molar-refractivity contribution in [2.75, 3.05) is 6.54 Å². The molecule has 1 heterocycles. The van der Waals surface area contributed by atoms with Gasteiger partial charge in [0.25, 0.3) is 0 Å². The lowest BCUT2D eigenvalue weighted by atomic mass is 9.95. The number of phenols is 1. The minimum absolute atomic E-state index is 0.0984. The Morgan fingerprint density at radius 3 is 2.88 bits per heavy atom. The van der Waals surface area contributed by atoms with Crippen LogP contribution in [0.3, 0.4) is 0 Å². The number of benzene rings is 1. The molecule has 84 valence electrons. The highest BCUT2D eigenvalue weighted by molar-refractivity contribution is 7.16. The summed E-state index contributed by atoms with van der Waals surface area (Å²) in [6, 6.07) is 3.35. The molecule has 0 radical (unpaired) electrons. The first-order valence-electron chi connectivity index (χ1n) is 5.12. The minimum Gasteiger partial charge on any atom is -0.508 e. The predicted octanol–water partition coefficient (Wildman–Crippen LogP) is 1.55. The molecule has 0 unspecified atom stereocenters. The van der Waals surface area contributed by atoms with Gasteiger partial charge >= 0.3 is 4.94 Å². The van der Waals surface area contributed by atoms with E-state index in [1.165, 1.54) is 0 Å². The second-order valence-corrected chi connectivity index (χ2v) is 5.23. The molecule has 1 aromatic carbocycles. The third kappa shape index (κ3) is 1.28. The van der Waals surface area contributed by atoms with Crippen LogP contribution in [0.1, 0.15) is 18.4 Å². The van der Waals surface area contributed by atoms with Crippen molar-refractivity contribution in [2.24, 2.45) is 5.73 Å². The molecule has 1 fully saturated rings. The number of aromatic hydroxyl groups is 1. The molecule has 1 aliphatic rings. The molecule has 0 aliphatic heterocycles. The molecule has 0 bridgehead atoms. The molecule has 4 nitrogen and oxygen atoms in total. The second-order valence-electron chi connectivity index (χ2n) is 4.25. The molecule has 1 saturated carbocycles. The number of hydrogen-bond donors (Lipinski definition) is 2. The zero-order valence-corrected chi connectivity index (χ0v) is 9.34. The molecule has 0 spiro atoms. The van der Waals surface area contributed by atoms with Crippen molar-refractivity contribution in [3.63, 3.8) is 0 Å². The Morgan fingerprint density at radius 1 is 1.50 bits per heavy atom. The molecule has 2 aromatic rings. The largest absolute Gasteiger partial charge is 0.508 e. The molecule has 1 aromatic heterocycles. The summed E-state index contributed by atoms with van der Waals surface area (Å²) in [4.78, 5) is 10.7. The number of rotatable bonds is 2. The van der Waals surface area contributed by atoms with E-state index in [0.717, 1.165) is 29.7 Å². The fourth-order valence-corrected chi connectivity index (χ4v) is 2.75. The average molecular weight is 237 g/mol. The summed E-state index contributed by atoms with van der Waals surface area (Å²) in [5, 5.41) is 9.93. The average Bonchev–Trinajstić information content (AvgIpc) is 2.95. The Balaban J connectivity index is 2.25. The highest BCUT2D eigenvalue weighted by Crippen LogP contribution is 2.51. The van der Waals surface area contributed by atoms with Crippen molar-refractivity contribution >= 4 is 21.6 Å². The van der Waals surface area contributed by atoms with Gasteiger partial charge in [-0.05, 0) is 18.9 Å². The fraction of sp³-hybridized carbons (Fsp3) is 0.364. The van der Waals surface area contributed by atoms with E-state index < -0.39 is 0 Å². The summed E-state index contributed by atoms with van der Waals surface area (Å²) in [6.45, 7) is 0.514. The lowest BCUT2D eigenvalue weighted by Gasteiger charge is -2.13. The SMILES string of the molecule is NCC1(c2cc3oc(=O)sc3cc2O)CC1. The normalized spacial score (nSPS) is 17.8. The molecule has 0 atom stereocenters. The first-order valence-corrected chi connectivity index (χ1v) is 5.93. The van der Waals surface area contributed by atoms with Crippen molar-refractivity contribution in [3.05, 3.63) is 27.4 Å². The van der Waals surface area contributed by atoms with Crippen LogP contribution in [0.25, 0.3) is 10.3 Å². The number of nitrogens with two attached hydrogens (primary N) is 1. The molecule has 5 heteroatoms. The first-order chi connectivity index (χ1) is 7.64. The molecule has 0 saturated heterocycles. The molecule has 1 aliphatic carbocycles. The van der Waals surface area contributed by atoms with E-state index in [1.807, 2.05) is 0 Å². The second kappa shape index (κ2) is 3.09. The van der Waals surface area contributed by atoms with Crippen molar-refractivity contribution < 1.29 is 9.52 Å². The molecule has 3 N–H and O–H groups in total. The van der Waals surface area contributed by atoms with Gasteiger partial charge in [0.05, 0.1) is 4.70 Å². The van der Waals surface area contributed by atoms with Crippen LogP contribution >= 0.6 is 11.3 Å². The third-order valence-electron chi connectivity index (χ3n) is 3.26. The summed E-state index contributed by atoms with van der Waals surface area (Å²) in [5.41, 5.74) is 6.97. The standard InChI is InChI=1S/C11H11NO3S/c12-5-11(1-2-11)6-3-8-9(4-7(6)13)16-10(14)15-8/h3-4,13H,1-2,5,12H2. The van der Waals surface area contributed by atoms with Gasteiger partial charge in [-0.15, -0.1) is 0 Å². The lowest BCUT2D eigenvalue weighted by molar-refractivity contribution is 0.459. The van der Waals surface area contributed by atoms with Crippen molar-refractivity contribution in [3.8, 4) is 5.75 Å². The van der Waals surface area contributed by atoms with Gasteiger partial charge in [0, 0.05) is 23.6 Å². The molecular formula is C11H11NO3S. The van der Waals surface area contributed by atoms with E-state index in [9.17, 15) is 9.90 Å². The Morgan fingerprint density at radius 2 is 2.25 bits per heavy atom. The van der Waals surface area contributed by atoms with Crippen LogP contribution in [0, 0.1) is 0 Å². The summed E-state index contributed by atoms with van der Waals surface area (Å²) >= 11 is 1.00. The highest BCUT2D eigenvalue weighted by atomic mass is 32.1. The maximum Gasteiger partial charge on any atom is 0.396 e. The van der Waals surface area contributed by atoms with Crippen LogP contribution in [-0.2, 0) is 5.41 Å². The van der Waals surface area contributed by atoms with Crippen LogP contribution < -0.4 is 10.7 Å². The predicted molar refractivity (Wildman–Crippen MR) is 62.0 cm³/mol. The monoisotopic (exact) mass is 237 g/mol. The van der Waals surface area contributed by atoms with Gasteiger partial charge in [0.1, 0.15) is 11.3 Å². The highest BCUT2D eigenvalue weighted by Gasteiger charge is 2.45. The summed E-state index contributed by atoms with van der Waals surface area (Å²) in [5.74, 6) is 0.215. The number of fused-ring (bicyclic) bond motifs is 1. The smallest absolute Gasteiger partial charge is 0.396 e. The van der Waals surface area contributed by atoms with Gasteiger partial charge < -0.3 is 15.3 Å². The van der Waals surface area contributed by atoms with E-state index in [2.05, 4.69) is 0 Å². The van der Waals surface area contributed by atoms with Crippen molar-refractivity contribution in [1.29, 1.82) is 0 Å². The maximum absolute atomic E-state index is 11.1. The molecule has 0 amide bonds. The topological polar surface area (TPSA) is 76.5 Å². The van der Waals surface area contributed by atoms with E-state index in [0.29, 0.717) is 16.8 Å².